The summed E-state index contributed by atoms with van der Waals surface area (Å²) in [5, 5.41) is 0. The number of benzene rings is 1. The smallest absolute Gasteiger partial charge is 0.344 e. The standard InChI is InChI=1S/C15H15FO2/c16-15(9-12-6-7-13(15)8-12)14(17)18-10-11-4-2-1-3-5-11/h1-7,12-13H,8-10H2/t12-,13+,15+/m0/s1. The van der Waals surface area contributed by atoms with Gasteiger partial charge in [-0.25, -0.2) is 9.18 Å². The van der Waals surface area contributed by atoms with Crippen LogP contribution in [0.4, 0.5) is 4.39 Å². The summed E-state index contributed by atoms with van der Waals surface area (Å²) in [7, 11) is 0. The van der Waals surface area contributed by atoms with E-state index in [0.29, 0.717) is 0 Å². The number of fused-ring (bicyclic) bond motifs is 2. The molecular formula is C15H15FO2. The van der Waals surface area contributed by atoms with Gasteiger partial charge in [-0.2, -0.15) is 0 Å². The zero-order valence-electron chi connectivity index (χ0n) is 10.0. The number of carbonyl (C=O) groups is 1. The predicted octanol–water partition coefficient (Wildman–Crippen LogP) is 3.03. The number of allylic oxidation sites excluding steroid dienone is 2. The molecule has 0 aromatic heterocycles. The Morgan fingerprint density at radius 3 is 2.72 bits per heavy atom. The van der Waals surface area contributed by atoms with Crippen molar-refractivity contribution in [2.24, 2.45) is 11.8 Å². The number of halogens is 1. The Morgan fingerprint density at radius 1 is 1.33 bits per heavy atom. The lowest BCUT2D eigenvalue weighted by atomic mass is 9.90. The molecule has 0 spiro atoms. The summed E-state index contributed by atoms with van der Waals surface area (Å²) in [5.41, 5.74) is -0.915. The maximum Gasteiger partial charge on any atom is 0.344 e. The summed E-state index contributed by atoms with van der Waals surface area (Å²) >= 11 is 0. The third-order valence-corrected chi connectivity index (χ3v) is 3.87. The van der Waals surface area contributed by atoms with Gasteiger partial charge in [0.2, 0.25) is 5.67 Å². The molecule has 3 rings (SSSR count). The first-order chi connectivity index (χ1) is 8.68. The molecule has 1 saturated carbocycles. The molecule has 2 nitrogen and oxygen atoms in total. The molecule has 0 N–H and O–H groups in total. The van der Waals surface area contributed by atoms with Crippen molar-refractivity contribution < 1.29 is 13.9 Å². The molecule has 0 heterocycles. The summed E-state index contributed by atoms with van der Waals surface area (Å²) in [6.07, 6.45) is 4.85. The van der Waals surface area contributed by atoms with Crippen LogP contribution in [0.15, 0.2) is 42.5 Å². The average molecular weight is 246 g/mol. The molecular weight excluding hydrogens is 231 g/mol. The second-order valence-corrected chi connectivity index (χ2v) is 5.12. The predicted molar refractivity (Wildman–Crippen MR) is 65.4 cm³/mol. The van der Waals surface area contributed by atoms with Crippen molar-refractivity contribution in [3.05, 3.63) is 48.0 Å². The van der Waals surface area contributed by atoms with Crippen molar-refractivity contribution in [1.82, 2.24) is 0 Å². The highest BCUT2D eigenvalue weighted by Gasteiger charge is 2.55. The highest BCUT2D eigenvalue weighted by atomic mass is 19.1. The van der Waals surface area contributed by atoms with Gasteiger partial charge >= 0.3 is 5.97 Å². The molecule has 2 aliphatic carbocycles. The van der Waals surface area contributed by atoms with E-state index in [1.807, 2.05) is 42.5 Å². The van der Waals surface area contributed by atoms with Gasteiger partial charge in [-0.3, -0.25) is 0 Å². The van der Waals surface area contributed by atoms with Crippen LogP contribution >= 0.6 is 0 Å². The molecule has 3 heteroatoms. The van der Waals surface area contributed by atoms with Crippen LogP contribution in [-0.4, -0.2) is 11.6 Å². The van der Waals surface area contributed by atoms with Gasteiger partial charge in [0, 0.05) is 5.92 Å². The number of alkyl halides is 1. The fourth-order valence-corrected chi connectivity index (χ4v) is 2.88. The first kappa shape index (κ1) is 11.5. The van der Waals surface area contributed by atoms with E-state index in [-0.39, 0.29) is 24.9 Å². The lowest BCUT2D eigenvalue weighted by Crippen LogP contribution is -2.39. The minimum Gasteiger partial charge on any atom is -0.458 e. The minimum atomic E-state index is -1.80. The molecule has 2 aliphatic rings. The Bertz CT molecular complexity index is 483. The molecule has 0 unspecified atom stereocenters. The van der Waals surface area contributed by atoms with E-state index < -0.39 is 11.6 Å². The van der Waals surface area contributed by atoms with Gasteiger partial charge in [-0.15, -0.1) is 0 Å². The number of hydrogen-bond donors (Lipinski definition) is 0. The van der Waals surface area contributed by atoms with Crippen molar-refractivity contribution in [3.8, 4) is 0 Å². The zero-order valence-corrected chi connectivity index (χ0v) is 10.0. The van der Waals surface area contributed by atoms with Crippen LogP contribution in [0.25, 0.3) is 0 Å². The highest BCUT2D eigenvalue weighted by Crippen LogP contribution is 2.49. The number of carbonyl (C=O) groups excluding carboxylic acids is 1. The second kappa shape index (κ2) is 4.23. The van der Waals surface area contributed by atoms with E-state index in [1.165, 1.54) is 0 Å². The Labute approximate surface area is 105 Å². The van der Waals surface area contributed by atoms with Crippen LogP contribution in [0.5, 0.6) is 0 Å². The zero-order chi connectivity index (χ0) is 12.6. The van der Waals surface area contributed by atoms with Gasteiger partial charge in [-0.05, 0) is 24.3 Å². The molecule has 18 heavy (non-hydrogen) atoms. The molecule has 1 fully saturated rings. The van der Waals surface area contributed by atoms with Crippen LogP contribution in [0.2, 0.25) is 0 Å². The van der Waals surface area contributed by atoms with Gasteiger partial charge in [0.25, 0.3) is 0 Å². The number of esters is 1. The van der Waals surface area contributed by atoms with Crippen LogP contribution in [0.3, 0.4) is 0 Å². The fourth-order valence-electron chi connectivity index (χ4n) is 2.88. The molecule has 1 aromatic rings. The topological polar surface area (TPSA) is 26.3 Å². The number of ether oxygens (including phenoxy) is 1. The Morgan fingerprint density at radius 2 is 2.11 bits per heavy atom. The quantitative estimate of drug-likeness (QED) is 0.605. The first-order valence-corrected chi connectivity index (χ1v) is 6.27. The van der Waals surface area contributed by atoms with E-state index in [4.69, 9.17) is 4.74 Å². The van der Waals surface area contributed by atoms with Crippen molar-refractivity contribution in [2.45, 2.75) is 25.1 Å². The van der Waals surface area contributed by atoms with Crippen LogP contribution < -0.4 is 0 Å². The van der Waals surface area contributed by atoms with E-state index in [2.05, 4.69) is 0 Å². The van der Waals surface area contributed by atoms with Crippen molar-refractivity contribution in [1.29, 1.82) is 0 Å². The summed E-state index contributed by atoms with van der Waals surface area (Å²) in [6, 6.07) is 9.35. The highest BCUT2D eigenvalue weighted by molar-refractivity contribution is 5.81. The molecule has 0 radical (unpaired) electrons. The van der Waals surface area contributed by atoms with E-state index >= 15 is 0 Å². The Hall–Kier alpha value is -1.64. The van der Waals surface area contributed by atoms with Gasteiger partial charge in [0.1, 0.15) is 6.61 Å². The average Bonchev–Trinajstić information content (AvgIpc) is 2.97. The molecule has 3 atom stereocenters. The lowest BCUT2D eigenvalue weighted by molar-refractivity contribution is -0.161. The largest absolute Gasteiger partial charge is 0.458 e. The van der Waals surface area contributed by atoms with Gasteiger partial charge < -0.3 is 4.74 Å². The lowest BCUT2D eigenvalue weighted by Gasteiger charge is -2.24. The molecule has 2 bridgehead atoms. The normalized spacial score (nSPS) is 32.7. The molecule has 1 aromatic carbocycles. The van der Waals surface area contributed by atoms with Crippen molar-refractivity contribution >= 4 is 5.97 Å². The fraction of sp³-hybridized carbons (Fsp3) is 0.400. The number of hydrogen-bond acceptors (Lipinski definition) is 2. The van der Waals surface area contributed by atoms with Crippen LogP contribution in [-0.2, 0) is 16.1 Å². The van der Waals surface area contributed by atoms with E-state index in [9.17, 15) is 9.18 Å². The van der Waals surface area contributed by atoms with Crippen LogP contribution in [0, 0.1) is 11.8 Å². The third kappa shape index (κ3) is 1.84. The Kier molecular flexibility index (Phi) is 2.69. The molecule has 94 valence electrons. The molecule has 0 aliphatic heterocycles. The monoisotopic (exact) mass is 246 g/mol. The van der Waals surface area contributed by atoms with Gasteiger partial charge in [0.15, 0.2) is 0 Å². The summed E-state index contributed by atoms with van der Waals surface area (Å²) < 4.78 is 19.7. The van der Waals surface area contributed by atoms with Crippen molar-refractivity contribution in [3.63, 3.8) is 0 Å². The second-order valence-electron chi connectivity index (χ2n) is 5.12. The summed E-state index contributed by atoms with van der Waals surface area (Å²) in [5.74, 6) is -0.779. The SMILES string of the molecule is O=C(OCc1ccccc1)[C@@]1(F)C[C@H]2C=C[C@@H]1C2. The minimum absolute atomic E-state index is 0.145. The third-order valence-electron chi connectivity index (χ3n) is 3.87. The first-order valence-electron chi connectivity index (χ1n) is 6.27. The maximum absolute atomic E-state index is 14.6. The maximum atomic E-state index is 14.6. The summed E-state index contributed by atoms with van der Waals surface area (Å²) in [4.78, 5) is 11.9. The summed E-state index contributed by atoms with van der Waals surface area (Å²) in [6.45, 7) is 0.145. The van der Waals surface area contributed by atoms with E-state index in [1.54, 1.807) is 0 Å². The Balaban J connectivity index is 1.64. The number of rotatable bonds is 3. The van der Waals surface area contributed by atoms with Crippen LogP contribution in [0.1, 0.15) is 18.4 Å². The van der Waals surface area contributed by atoms with E-state index in [0.717, 1.165) is 12.0 Å². The molecule has 0 saturated heterocycles. The molecule has 0 amide bonds. The van der Waals surface area contributed by atoms with Gasteiger partial charge in [0.05, 0.1) is 0 Å². The van der Waals surface area contributed by atoms with Crippen molar-refractivity contribution in [2.75, 3.05) is 0 Å². The van der Waals surface area contributed by atoms with Gasteiger partial charge in [-0.1, -0.05) is 42.5 Å².